The van der Waals surface area contributed by atoms with E-state index in [1.165, 1.54) is 24.1 Å². The molecule has 2 saturated carbocycles. The molecule has 0 aliphatic heterocycles. The molecule has 2 heterocycles. The summed E-state index contributed by atoms with van der Waals surface area (Å²) in [5.41, 5.74) is 0.702. The summed E-state index contributed by atoms with van der Waals surface area (Å²) in [6, 6.07) is 4.33. The number of hydrogen-bond donors (Lipinski definition) is 2. The van der Waals surface area contributed by atoms with Gasteiger partial charge in [-0.1, -0.05) is 5.16 Å². The number of thiophene rings is 1. The fourth-order valence-electron chi connectivity index (χ4n) is 2.66. The zero-order valence-corrected chi connectivity index (χ0v) is 13.3. The van der Waals surface area contributed by atoms with E-state index >= 15 is 0 Å². The first-order valence-corrected chi connectivity index (χ1v) is 8.63. The minimum atomic E-state index is -0.126. The average Bonchev–Trinajstić information content (AvgIpc) is 3.38. The normalized spacial score (nSPS) is 23.5. The first kappa shape index (κ1) is 14.0. The van der Waals surface area contributed by atoms with Gasteiger partial charge in [0, 0.05) is 28.3 Å². The Balaban J connectivity index is 1.34. The topological polar surface area (TPSA) is 67.2 Å². The highest BCUT2D eigenvalue weighted by molar-refractivity contribution is 7.10. The van der Waals surface area contributed by atoms with E-state index in [0.29, 0.717) is 29.1 Å². The molecular formula is C16H19N3O2S. The van der Waals surface area contributed by atoms with E-state index in [0.717, 1.165) is 12.5 Å². The molecule has 0 saturated heterocycles. The van der Waals surface area contributed by atoms with Crippen molar-refractivity contribution < 1.29 is 9.32 Å². The molecule has 0 spiro atoms. The number of carbonyl (C=O) groups excluding carboxylic acids is 1. The van der Waals surface area contributed by atoms with Crippen LogP contribution >= 0.6 is 11.3 Å². The Morgan fingerprint density at radius 2 is 2.32 bits per heavy atom. The van der Waals surface area contributed by atoms with E-state index in [-0.39, 0.29) is 5.91 Å². The molecule has 6 heteroatoms. The molecule has 2 aromatic rings. The van der Waals surface area contributed by atoms with Gasteiger partial charge in [-0.15, -0.1) is 11.3 Å². The summed E-state index contributed by atoms with van der Waals surface area (Å²) >= 11 is 1.67. The quantitative estimate of drug-likeness (QED) is 0.859. The Morgan fingerprint density at radius 1 is 1.45 bits per heavy atom. The first-order valence-electron chi connectivity index (χ1n) is 7.75. The van der Waals surface area contributed by atoms with E-state index in [1.54, 1.807) is 24.3 Å². The van der Waals surface area contributed by atoms with Crippen LogP contribution in [0.25, 0.3) is 0 Å². The van der Waals surface area contributed by atoms with Crippen molar-refractivity contribution in [1.29, 1.82) is 0 Å². The van der Waals surface area contributed by atoms with Crippen molar-refractivity contribution in [3.05, 3.63) is 33.7 Å². The second-order valence-corrected chi connectivity index (χ2v) is 7.26. The maximum Gasteiger partial charge on any atom is 0.257 e. The van der Waals surface area contributed by atoms with Crippen molar-refractivity contribution in [2.45, 2.75) is 38.1 Å². The van der Waals surface area contributed by atoms with Crippen LogP contribution in [0.3, 0.4) is 0 Å². The van der Waals surface area contributed by atoms with Crippen molar-refractivity contribution in [3.63, 3.8) is 0 Å². The zero-order chi connectivity index (χ0) is 15.1. The zero-order valence-electron chi connectivity index (χ0n) is 12.5. The van der Waals surface area contributed by atoms with Gasteiger partial charge in [0.1, 0.15) is 5.76 Å². The largest absolute Gasteiger partial charge is 0.360 e. The molecule has 2 aliphatic carbocycles. The number of aromatic nitrogens is 1. The molecule has 2 atom stereocenters. The van der Waals surface area contributed by atoms with Gasteiger partial charge in [-0.05, 0) is 44.7 Å². The molecule has 2 fully saturated rings. The lowest BCUT2D eigenvalue weighted by molar-refractivity contribution is 0.102. The van der Waals surface area contributed by atoms with E-state index in [9.17, 15) is 4.79 Å². The third-order valence-corrected chi connectivity index (χ3v) is 5.34. The van der Waals surface area contributed by atoms with Gasteiger partial charge in [0.25, 0.3) is 5.91 Å². The summed E-state index contributed by atoms with van der Waals surface area (Å²) < 4.78 is 4.95. The number of anilines is 1. The number of carbonyl (C=O) groups is 1. The summed E-state index contributed by atoms with van der Waals surface area (Å²) in [6.45, 7) is 2.96. The predicted molar refractivity (Wildman–Crippen MR) is 85.4 cm³/mol. The molecule has 116 valence electrons. The van der Waals surface area contributed by atoms with Crippen LogP contribution in [0, 0.1) is 12.8 Å². The monoisotopic (exact) mass is 317 g/mol. The van der Waals surface area contributed by atoms with Crippen molar-refractivity contribution in [3.8, 4) is 0 Å². The third kappa shape index (κ3) is 3.08. The molecular weight excluding hydrogens is 298 g/mol. The lowest BCUT2D eigenvalue weighted by atomic mass is 10.2. The van der Waals surface area contributed by atoms with Crippen LogP contribution in [0.5, 0.6) is 0 Å². The molecule has 2 N–H and O–H groups in total. The fourth-order valence-corrected chi connectivity index (χ4v) is 3.72. The third-order valence-electron chi connectivity index (χ3n) is 4.27. The van der Waals surface area contributed by atoms with E-state index in [4.69, 9.17) is 4.52 Å². The highest BCUT2D eigenvalue weighted by Gasteiger charge is 2.40. The summed E-state index contributed by atoms with van der Waals surface area (Å²) in [7, 11) is 0. The van der Waals surface area contributed by atoms with Crippen molar-refractivity contribution in [2.24, 2.45) is 5.92 Å². The molecule has 0 aromatic carbocycles. The number of nitrogens with one attached hydrogen (secondary N) is 2. The molecule has 5 nitrogen and oxygen atoms in total. The average molecular weight is 317 g/mol. The molecule has 4 rings (SSSR count). The van der Waals surface area contributed by atoms with Crippen LogP contribution < -0.4 is 10.6 Å². The molecule has 1 amide bonds. The van der Waals surface area contributed by atoms with Crippen LogP contribution in [-0.4, -0.2) is 23.7 Å². The van der Waals surface area contributed by atoms with Crippen molar-refractivity contribution >= 4 is 23.1 Å². The SMILES string of the molecule is Cc1cc(NC(=O)c2csc(C3CC3NCC3CC3)c2)no1. The molecule has 2 aromatic heterocycles. The molecule has 2 aliphatic rings. The van der Waals surface area contributed by atoms with Gasteiger partial charge in [-0.2, -0.15) is 0 Å². The fraction of sp³-hybridized carbons (Fsp3) is 0.500. The van der Waals surface area contributed by atoms with Gasteiger partial charge in [-0.3, -0.25) is 4.79 Å². The van der Waals surface area contributed by atoms with Crippen molar-refractivity contribution in [1.82, 2.24) is 10.5 Å². The van der Waals surface area contributed by atoms with Crippen molar-refractivity contribution in [2.75, 3.05) is 11.9 Å². The van der Waals surface area contributed by atoms with Crippen LogP contribution in [0.4, 0.5) is 5.82 Å². The van der Waals surface area contributed by atoms with Crippen LogP contribution in [0.1, 0.15) is 46.2 Å². The lowest BCUT2D eigenvalue weighted by Gasteiger charge is -2.00. The second-order valence-electron chi connectivity index (χ2n) is 6.31. The minimum absolute atomic E-state index is 0.126. The van der Waals surface area contributed by atoms with Gasteiger partial charge in [0.15, 0.2) is 5.82 Å². The minimum Gasteiger partial charge on any atom is -0.360 e. The van der Waals surface area contributed by atoms with Gasteiger partial charge >= 0.3 is 0 Å². The van der Waals surface area contributed by atoms with E-state index in [2.05, 4.69) is 15.8 Å². The Kier molecular flexibility index (Phi) is 3.50. The standard InChI is InChI=1S/C16H19N3O2S/c1-9-4-15(19-21-9)18-16(20)11-5-14(22-8-11)12-6-13(12)17-7-10-2-3-10/h4-5,8,10,12-13,17H,2-3,6-7H2,1H3,(H,18,19,20). The highest BCUT2D eigenvalue weighted by atomic mass is 32.1. The Hall–Kier alpha value is -1.66. The number of hydrogen-bond acceptors (Lipinski definition) is 5. The number of aryl methyl sites for hydroxylation is 1. The molecule has 22 heavy (non-hydrogen) atoms. The maximum atomic E-state index is 12.2. The smallest absolute Gasteiger partial charge is 0.257 e. The first-order chi connectivity index (χ1) is 10.7. The highest BCUT2D eigenvalue weighted by Crippen LogP contribution is 2.44. The maximum absolute atomic E-state index is 12.2. The summed E-state index contributed by atoms with van der Waals surface area (Å²) in [5, 5.41) is 12.1. The van der Waals surface area contributed by atoms with E-state index < -0.39 is 0 Å². The van der Waals surface area contributed by atoms with Crippen LogP contribution in [0.15, 0.2) is 22.0 Å². The number of amides is 1. The Labute approximate surface area is 133 Å². The van der Waals surface area contributed by atoms with Crippen LogP contribution in [-0.2, 0) is 0 Å². The van der Waals surface area contributed by atoms with Gasteiger partial charge in [0.2, 0.25) is 0 Å². The molecule has 0 radical (unpaired) electrons. The van der Waals surface area contributed by atoms with Gasteiger partial charge in [-0.25, -0.2) is 0 Å². The summed E-state index contributed by atoms with van der Waals surface area (Å²) in [4.78, 5) is 13.5. The lowest BCUT2D eigenvalue weighted by Crippen LogP contribution is -2.20. The summed E-state index contributed by atoms with van der Waals surface area (Å²) in [5.74, 6) is 2.52. The van der Waals surface area contributed by atoms with E-state index in [1.807, 2.05) is 11.4 Å². The van der Waals surface area contributed by atoms with Gasteiger partial charge < -0.3 is 15.2 Å². The van der Waals surface area contributed by atoms with Gasteiger partial charge in [0.05, 0.1) is 5.56 Å². The predicted octanol–water partition coefficient (Wildman–Crippen LogP) is 3.15. The Bertz CT molecular complexity index is 689. The number of rotatable bonds is 6. The molecule has 0 bridgehead atoms. The second kappa shape index (κ2) is 5.52. The molecule has 2 unspecified atom stereocenters. The Morgan fingerprint density at radius 3 is 3.05 bits per heavy atom. The van der Waals surface area contributed by atoms with Crippen LogP contribution in [0.2, 0.25) is 0 Å². The summed E-state index contributed by atoms with van der Waals surface area (Å²) in [6.07, 6.45) is 3.96. The number of nitrogens with zero attached hydrogens (tertiary/aromatic N) is 1.